The number of hydrogen-bond donors (Lipinski definition) is 0. The second kappa shape index (κ2) is 7.20. The molecule has 2 aromatic carbocycles. The van der Waals surface area contributed by atoms with Gasteiger partial charge in [-0.2, -0.15) is 13.2 Å². The molecule has 1 atom stereocenters. The average molecular weight is 390 g/mol. The Morgan fingerprint density at radius 3 is 2.14 bits per heavy atom. The summed E-state index contributed by atoms with van der Waals surface area (Å²) in [6.45, 7) is 3.66. The Labute approximate surface area is 163 Å². The first kappa shape index (κ1) is 18.9. The number of halogens is 3. The molecule has 4 rings (SSSR count). The first-order chi connectivity index (χ1) is 13.4. The SMILES string of the molecule is CN1CCN(c2cccc3c2N(C)C(C(F)(F)F)N3Cc2ccccc2)CC1. The van der Waals surface area contributed by atoms with Crippen LogP contribution in [0.2, 0.25) is 0 Å². The van der Waals surface area contributed by atoms with Crippen molar-refractivity contribution < 1.29 is 13.2 Å². The van der Waals surface area contributed by atoms with Gasteiger partial charge in [0, 0.05) is 39.8 Å². The molecule has 7 heteroatoms. The van der Waals surface area contributed by atoms with E-state index < -0.39 is 12.3 Å². The molecule has 2 aliphatic rings. The number of anilines is 3. The van der Waals surface area contributed by atoms with Crippen LogP contribution in [0.25, 0.3) is 0 Å². The summed E-state index contributed by atoms with van der Waals surface area (Å²) in [5, 5.41) is 0. The fraction of sp³-hybridized carbons (Fsp3) is 0.429. The molecule has 28 heavy (non-hydrogen) atoms. The van der Waals surface area contributed by atoms with E-state index >= 15 is 0 Å². The second-order valence-electron chi connectivity index (χ2n) is 7.57. The minimum absolute atomic E-state index is 0.217. The average Bonchev–Trinajstić information content (AvgIpc) is 2.95. The lowest BCUT2D eigenvalue weighted by atomic mass is 10.1. The number of likely N-dealkylation sites (N-methyl/N-ethyl adjacent to an activating group) is 1. The van der Waals surface area contributed by atoms with E-state index in [0.29, 0.717) is 11.4 Å². The smallest absolute Gasteiger partial charge is 0.367 e. The number of hydrogen-bond acceptors (Lipinski definition) is 4. The number of alkyl halides is 3. The van der Waals surface area contributed by atoms with Gasteiger partial charge in [-0.25, -0.2) is 0 Å². The highest BCUT2D eigenvalue weighted by atomic mass is 19.4. The van der Waals surface area contributed by atoms with Gasteiger partial charge in [-0.1, -0.05) is 36.4 Å². The van der Waals surface area contributed by atoms with Crippen molar-refractivity contribution in [3.8, 4) is 0 Å². The molecular formula is C21H25F3N4. The zero-order valence-corrected chi connectivity index (χ0v) is 16.2. The van der Waals surface area contributed by atoms with Crippen molar-refractivity contribution in [3.63, 3.8) is 0 Å². The van der Waals surface area contributed by atoms with Crippen molar-refractivity contribution in [1.29, 1.82) is 0 Å². The first-order valence-electron chi connectivity index (χ1n) is 9.53. The molecule has 0 bridgehead atoms. The third-order valence-corrected chi connectivity index (χ3v) is 5.65. The van der Waals surface area contributed by atoms with E-state index in [1.54, 1.807) is 13.1 Å². The third kappa shape index (κ3) is 3.39. The van der Waals surface area contributed by atoms with Gasteiger partial charge < -0.3 is 19.6 Å². The summed E-state index contributed by atoms with van der Waals surface area (Å²) in [4.78, 5) is 7.31. The van der Waals surface area contributed by atoms with E-state index in [1.807, 2.05) is 42.5 Å². The lowest BCUT2D eigenvalue weighted by molar-refractivity contribution is -0.146. The molecule has 4 nitrogen and oxygen atoms in total. The first-order valence-corrected chi connectivity index (χ1v) is 9.53. The molecule has 0 saturated carbocycles. The van der Waals surface area contributed by atoms with E-state index in [4.69, 9.17) is 0 Å². The van der Waals surface area contributed by atoms with Gasteiger partial charge in [0.05, 0.1) is 17.1 Å². The molecule has 0 aliphatic carbocycles. The highest BCUT2D eigenvalue weighted by Gasteiger charge is 2.52. The maximum absolute atomic E-state index is 14.1. The molecular weight excluding hydrogens is 365 g/mol. The number of piperazine rings is 1. The normalized spacial score (nSPS) is 20.6. The minimum Gasteiger partial charge on any atom is -0.367 e. The van der Waals surface area contributed by atoms with E-state index in [2.05, 4.69) is 16.8 Å². The van der Waals surface area contributed by atoms with Gasteiger partial charge in [0.15, 0.2) is 0 Å². The van der Waals surface area contributed by atoms with Crippen molar-refractivity contribution in [3.05, 3.63) is 54.1 Å². The number of rotatable bonds is 3. The standard InChI is InChI=1S/C21H25F3N4/c1-25-11-13-27(14-12-25)17-9-6-10-18-19(17)26(2)20(21(22,23)24)28(18)15-16-7-4-3-5-8-16/h3-10,20H,11-15H2,1-2H3. The Morgan fingerprint density at radius 2 is 1.50 bits per heavy atom. The van der Waals surface area contributed by atoms with Gasteiger partial charge in [0.1, 0.15) is 0 Å². The number of fused-ring (bicyclic) bond motifs is 1. The van der Waals surface area contributed by atoms with Crippen LogP contribution in [-0.4, -0.2) is 57.5 Å². The summed E-state index contributed by atoms with van der Waals surface area (Å²) >= 11 is 0. The molecule has 0 N–H and O–H groups in total. The van der Waals surface area contributed by atoms with Gasteiger partial charge in [-0.05, 0) is 24.7 Å². The van der Waals surface area contributed by atoms with Gasteiger partial charge in [-0.3, -0.25) is 0 Å². The number of nitrogens with zero attached hydrogens (tertiary/aromatic N) is 4. The van der Waals surface area contributed by atoms with Crippen LogP contribution in [0.3, 0.4) is 0 Å². The molecule has 0 spiro atoms. The number of para-hydroxylation sites is 1. The molecule has 1 fully saturated rings. The molecule has 0 radical (unpaired) electrons. The topological polar surface area (TPSA) is 13.0 Å². The van der Waals surface area contributed by atoms with E-state index in [0.717, 1.165) is 37.4 Å². The fourth-order valence-electron chi connectivity index (χ4n) is 4.23. The molecule has 2 aromatic rings. The summed E-state index contributed by atoms with van der Waals surface area (Å²) in [6, 6.07) is 15.0. The predicted molar refractivity (Wildman–Crippen MR) is 107 cm³/mol. The predicted octanol–water partition coefficient (Wildman–Crippen LogP) is 3.78. The van der Waals surface area contributed by atoms with Crippen LogP contribution in [-0.2, 0) is 6.54 Å². The summed E-state index contributed by atoms with van der Waals surface area (Å²) in [6.07, 6.45) is -6.03. The fourth-order valence-corrected chi connectivity index (χ4v) is 4.23. The van der Waals surface area contributed by atoms with E-state index in [9.17, 15) is 13.2 Å². The molecule has 1 saturated heterocycles. The van der Waals surface area contributed by atoms with Gasteiger partial charge in [-0.15, -0.1) is 0 Å². The monoisotopic (exact) mass is 390 g/mol. The van der Waals surface area contributed by atoms with E-state index in [-0.39, 0.29) is 6.54 Å². The summed E-state index contributed by atoms with van der Waals surface area (Å²) in [5.41, 5.74) is 3.07. The summed E-state index contributed by atoms with van der Waals surface area (Å²) < 4.78 is 42.2. The Kier molecular flexibility index (Phi) is 4.87. The lowest BCUT2D eigenvalue weighted by Gasteiger charge is -2.36. The largest absolute Gasteiger partial charge is 0.427 e. The lowest BCUT2D eigenvalue weighted by Crippen LogP contribution is -2.51. The molecule has 2 heterocycles. The minimum atomic E-state index is -4.36. The second-order valence-corrected chi connectivity index (χ2v) is 7.57. The van der Waals surface area contributed by atoms with Crippen molar-refractivity contribution in [2.45, 2.75) is 18.9 Å². The van der Waals surface area contributed by atoms with Crippen molar-refractivity contribution in [2.75, 3.05) is 55.0 Å². The maximum Gasteiger partial charge on any atom is 0.427 e. The Hall–Kier alpha value is -2.41. The third-order valence-electron chi connectivity index (χ3n) is 5.65. The quantitative estimate of drug-likeness (QED) is 0.791. The molecule has 150 valence electrons. The number of benzene rings is 2. The summed E-state index contributed by atoms with van der Waals surface area (Å²) in [7, 11) is 3.63. The van der Waals surface area contributed by atoms with Crippen LogP contribution in [0, 0.1) is 0 Å². The highest BCUT2D eigenvalue weighted by Crippen LogP contribution is 2.49. The molecule has 0 amide bonds. The Morgan fingerprint density at radius 1 is 0.857 bits per heavy atom. The molecule has 1 unspecified atom stereocenters. The Balaban J connectivity index is 1.74. The van der Waals surface area contributed by atoms with Crippen molar-refractivity contribution in [1.82, 2.24) is 4.90 Å². The zero-order chi connectivity index (χ0) is 19.9. The molecule has 2 aliphatic heterocycles. The van der Waals surface area contributed by atoms with Gasteiger partial charge in [0.2, 0.25) is 6.17 Å². The van der Waals surface area contributed by atoms with E-state index in [1.165, 1.54) is 9.80 Å². The maximum atomic E-state index is 14.1. The van der Waals surface area contributed by atoms with Crippen LogP contribution in [0.15, 0.2) is 48.5 Å². The van der Waals surface area contributed by atoms with Gasteiger partial charge in [0.25, 0.3) is 0 Å². The van der Waals surface area contributed by atoms with Crippen molar-refractivity contribution in [2.24, 2.45) is 0 Å². The highest BCUT2D eigenvalue weighted by molar-refractivity contribution is 5.89. The zero-order valence-electron chi connectivity index (χ0n) is 16.2. The summed E-state index contributed by atoms with van der Waals surface area (Å²) in [5.74, 6) is 0. The van der Waals surface area contributed by atoms with Crippen LogP contribution in [0.5, 0.6) is 0 Å². The van der Waals surface area contributed by atoms with Crippen molar-refractivity contribution >= 4 is 17.1 Å². The van der Waals surface area contributed by atoms with Crippen LogP contribution < -0.4 is 14.7 Å². The van der Waals surface area contributed by atoms with Crippen LogP contribution in [0.1, 0.15) is 5.56 Å². The van der Waals surface area contributed by atoms with Crippen LogP contribution in [0.4, 0.5) is 30.2 Å². The van der Waals surface area contributed by atoms with Crippen LogP contribution >= 0.6 is 0 Å². The Bertz CT molecular complexity index is 816. The molecule has 0 aromatic heterocycles. The van der Waals surface area contributed by atoms with Gasteiger partial charge >= 0.3 is 6.18 Å².